The minimum absolute atomic E-state index is 0.496. The molecule has 3 aromatic rings. The van der Waals surface area contributed by atoms with E-state index in [1.807, 2.05) is 11.4 Å². The first-order valence-corrected chi connectivity index (χ1v) is 9.18. The zero-order valence-corrected chi connectivity index (χ0v) is 14.3. The zero-order valence-electron chi connectivity index (χ0n) is 13.5. The molecule has 24 heavy (non-hydrogen) atoms. The molecule has 0 radical (unpaired) electrons. The van der Waals surface area contributed by atoms with E-state index in [-0.39, 0.29) is 0 Å². The van der Waals surface area contributed by atoms with E-state index in [0.29, 0.717) is 11.8 Å². The summed E-state index contributed by atoms with van der Waals surface area (Å²) in [5.41, 5.74) is 8.40. The number of likely N-dealkylation sites (tertiary alicyclic amines) is 1. The van der Waals surface area contributed by atoms with Gasteiger partial charge in [-0.1, -0.05) is 41.6 Å². The topological polar surface area (TPSA) is 55.3 Å². The molecule has 0 saturated carbocycles. The first kappa shape index (κ1) is 15.6. The Morgan fingerprint density at radius 3 is 2.79 bits per heavy atom. The molecule has 4 nitrogen and oxygen atoms in total. The summed E-state index contributed by atoms with van der Waals surface area (Å²) in [5, 5.41) is 6.29. The van der Waals surface area contributed by atoms with Crippen molar-refractivity contribution in [3.05, 3.63) is 65.2 Å². The van der Waals surface area contributed by atoms with Gasteiger partial charge in [-0.2, -0.15) is 0 Å². The van der Waals surface area contributed by atoms with Gasteiger partial charge in [0.05, 0.1) is 10.6 Å². The second kappa shape index (κ2) is 6.89. The largest absolute Gasteiger partial charge is 0.355 e. The number of hydrogen-bond acceptors (Lipinski definition) is 5. The van der Waals surface area contributed by atoms with Crippen LogP contribution in [0.4, 0.5) is 0 Å². The molecule has 0 aliphatic carbocycles. The Morgan fingerprint density at radius 2 is 2.04 bits per heavy atom. The predicted octanol–water partition coefficient (Wildman–Crippen LogP) is 3.58. The average molecular weight is 339 g/mol. The molecule has 1 aliphatic heterocycles. The Hall–Kier alpha value is -1.95. The highest BCUT2D eigenvalue weighted by Gasteiger charge is 2.33. The highest BCUT2D eigenvalue weighted by atomic mass is 32.1. The van der Waals surface area contributed by atoms with Crippen molar-refractivity contribution in [2.24, 2.45) is 11.7 Å². The standard InChI is InChI=1S/C19H21N3OS/c20-10-15-11-22(13-17(15)14-5-2-1-3-6-14)12-16-9-18(23-21-16)19-7-4-8-24-19/h1-9,15,17H,10-13,20H2/t15-,17+/m1/s1. The number of nitrogens with zero attached hydrogens (tertiary/aromatic N) is 2. The van der Waals surface area contributed by atoms with Crippen LogP contribution < -0.4 is 5.73 Å². The molecule has 5 heteroatoms. The van der Waals surface area contributed by atoms with E-state index < -0.39 is 0 Å². The van der Waals surface area contributed by atoms with Crippen molar-refractivity contribution in [2.75, 3.05) is 19.6 Å². The van der Waals surface area contributed by atoms with Crippen molar-refractivity contribution >= 4 is 11.3 Å². The van der Waals surface area contributed by atoms with Gasteiger partial charge in [0.1, 0.15) is 0 Å². The first-order valence-electron chi connectivity index (χ1n) is 8.30. The molecule has 0 unspecified atom stereocenters. The molecule has 3 heterocycles. The highest BCUT2D eigenvalue weighted by Crippen LogP contribution is 2.33. The number of hydrogen-bond donors (Lipinski definition) is 1. The van der Waals surface area contributed by atoms with Gasteiger partial charge in [-0.05, 0) is 29.5 Å². The minimum atomic E-state index is 0.496. The Morgan fingerprint density at radius 1 is 1.17 bits per heavy atom. The monoisotopic (exact) mass is 339 g/mol. The quantitative estimate of drug-likeness (QED) is 0.772. The number of nitrogens with two attached hydrogens (primary N) is 1. The molecule has 1 aliphatic rings. The summed E-state index contributed by atoms with van der Waals surface area (Å²) in [6, 6.07) is 16.8. The summed E-state index contributed by atoms with van der Waals surface area (Å²) in [4.78, 5) is 3.56. The van der Waals surface area contributed by atoms with Crippen molar-refractivity contribution in [1.29, 1.82) is 0 Å². The van der Waals surface area contributed by atoms with Crippen LogP contribution in [0.15, 0.2) is 58.4 Å². The fourth-order valence-corrected chi connectivity index (χ4v) is 4.23. The summed E-state index contributed by atoms with van der Waals surface area (Å²) in [7, 11) is 0. The van der Waals surface area contributed by atoms with Crippen LogP contribution in [0, 0.1) is 5.92 Å². The van der Waals surface area contributed by atoms with E-state index in [9.17, 15) is 0 Å². The Balaban J connectivity index is 1.46. The Labute approximate surface area is 145 Å². The van der Waals surface area contributed by atoms with Crippen LogP contribution in [0.3, 0.4) is 0 Å². The minimum Gasteiger partial charge on any atom is -0.355 e. The maximum absolute atomic E-state index is 6.03. The number of rotatable bonds is 5. The van der Waals surface area contributed by atoms with Gasteiger partial charge in [0.25, 0.3) is 0 Å². The number of aromatic nitrogens is 1. The SMILES string of the molecule is NC[C@@H]1CN(Cc2cc(-c3cccs3)on2)C[C@H]1c1ccccc1. The molecule has 0 spiro atoms. The molecular weight excluding hydrogens is 318 g/mol. The summed E-state index contributed by atoms with van der Waals surface area (Å²) < 4.78 is 5.49. The van der Waals surface area contributed by atoms with Gasteiger partial charge in [0, 0.05) is 31.6 Å². The van der Waals surface area contributed by atoms with Crippen molar-refractivity contribution in [1.82, 2.24) is 10.1 Å². The fourth-order valence-electron chi connectivity index (χ4n) is 3.56. The molecule has 1 saturated heterocycles. The fraction of sp³-hybridized carbons (Fsp3) is 0.316. The van der Waals surface area contributed by atoms with Gasteiger partial charge in [-0.3, -0.25) is 4.90 Å². The molecule has 1 aromatic carbocycles. The molecule has 0 amide bonds. The van der Waals surface area contributed by atoms with E-state index >= 15 is 0 Å². The lowest BCUT2D eigenvalue weighted by Gasteiger charge is -2.16. The van der Waals surface area contributed by atoms with Gasteiger partial charge in [0.15, 0.2) is 5.76 Å². The van der Waals surface area contributed by atoms with E-state index in [2.05, 4.69) is 52.5 Å². The maximum Gasteiger partial charge on any atom is 0.177 e. The van der Waals surface area contributed by atoms with Crippen LogP contribution in [0.5, 0.6) is 0 Å². The number of thiophene rings is 1. The molecule has 2 N–H and O–H groups in total. The van der Waals surface area contributed by atoms with Crippen LogP contribution in [-0.2, 0) is 6.54 Å². The second-order valence-corrected chi connectivity index (χ2v) is 7.31. The molecule has 2 atom stereocenters. The number of benzene rings is 1. The van der Waals surface area contributed by atoms with Crippen molar-refractivity contribution in [2.45, 2.75) is 12.5 Å². The normalized spacial score (nSPS) is 21.4. The van der Waals surface area contributed by atoms with Gasteiger partial charge in [-0.15, -0.1) is 11.3 Å². The lowest BCUT2D eigenvalue weighted by Crippen LogP contribution is -2.23. The zero-order chi connectivity index (χ0) is 16.4. The van der Waals surface area contributed by atoms with Gasteiger partial charge in [-0.25, -0.2) is 0 Å². The lowest BCUT2D eigenvalue weighted by molar-refractivity contribution is 0.303. The third-order valence-electron chi connectivity index (χ3n) is 4.76. The third-order valence-corrected chi connectivity index (χ3v) is 5.64. The Kier molecular flexibility index (Phi) is 4.47. The van der Waals surface area contributed by atoms with E-state index in [1.165, 1.54) is 5.56 Å². The molecule has 1 fully saturated rings. The van der Waals surface area contributed by atoms with E-state index in [1.54, 1.807) is 11.3 Å². The molecule has 4 rings (SSSR count). The van der Waals surface area contributed by atoms with Crippen LogP contribution >= 0.6 is 11.3 Å². The van der Waals surface area contributed by atoms with Gasteiger partial charge in [0.2, 0.25) is 0 Å². The smallest absolute Gasteiger partial charge is 0.177 e. The summed E-state index contributed by atoms with van der Waals surface area (Å²) in [6.45, 7) is 3.56. The average Bonchev–Trinajstić information content (AvgIpc) is 3.36. The third kappa shape index (κ3) is 3.15. The van der Waals surface area contributed by atoms with Gasteiger partial charge >= 0.3 is 0 Å². The Bertz CT molecular complexity index is 769. The molecule has 124 valence electrons. The van der Waals surface area contributed by atoms with E-state index in [0.717, 1.165) is 42.5 Å². The lowest BCUT2D eigenvalue weighted by atomic mass is 9.89. The van der Waals surface area contributed by atoms with Crippen molar-refractivity contribution in [3.8, 4) is 10.6 Å². The van der Waals surface area contributed by atoms with Crippen LogP contribution in [0.1, 0.15) is 17.2 Å². The molecule has 2 aromatic heterocycles. The van der Waals surface area contributed by atoms with E-state index in [4.69, 9.17) is 10.3 Å². The summed E-state index contributed by atoms with van der Waals surface area (Å²) >= 11 is 1.67. The summed E-state index contributed by atoms with van der Waals surface area (Å²) in [5.74, 6) is 1.85. The highest BCUT2D eigenvalue weighted by molar-refractivity contribution is 7.13. The van der Waals surface area contributed by atoms with Crippen LogP contribution in [0.25, 0.3) is 10.6 Å². The van der Waals surface area contributed by atoms with Crippen molar-refractivity contribution < 1.29 is 4.52 Å². The van der Waals surface area contributed by atoms with Crippen LogP contribution in [-0.4, -0.2) is 29.7 Å². The summed E-state index contributed by atoms with van der Waals surface area (Å²) in [6.07, 6.45) is 0. The predicted molar refractivity (Wildman–Crippen MR) is 96.8 cm³/mol. The van der Waals surface area contributed by atoms with Crippen LogP contribution in [0.2, 0.25) is 0 Å². The van der Waals surface area contributed by atoms with Gasteiger partial charge < -0.3 is 10.3 Å². The first-order chi connectivity index (χ1) is 11.8. The second-order valence-electron chi connectivity index (χ2n) is 6.37. The molecule has 0 bridgehead atoms. The molecular formula is C19H21N3OS. The van der Waals surface area contributed by atoms with Crippen molar-refractivity contribution in [3.63, 3.8) is 0 Å². The maximum atomic E-state index is 6.03.